The Kier molecular flexibility index (Phi) is 7.35. The summed E-state index contributed by atoms with van der Waals surface area (Å²) in [6, 6.07) is 17.4. The van der Waals surface area contributed by atoms with Crippen molar-refractivity contribution in [2.75, 3.05) is 16.9 Å². The summed E-state index contributed by atoms with van der Waals surface area (Å²) < 4.78 is 23.4. The summed E-state index contributed by atoms with van der Waals surface area (Å²) in [6.07, 6.45) is 4.01. The Balaban J connectivity index is 1.68. The topological polar surface area (TPSA) is 92.3 Å². The summed E-state index contributed by atoms with van der Waals surface area (Å²) in [6.45, 7) is 0. The molecule has 3 aromatic carbocycles. The zero-order valence-corrected chi connectivity index (χ0v) is 19.1. The molecule has 0 aliphatic heterocycles. The Labute approximate surface area is 195 Å². The van der Waals surface area contributed by atoms with Gasteiger partial charge in [0.1, 0.15) is 0 Å². The van der Waals surface area contributed by atoms with Crippen LogP contribution in [0.15, 0.2) is 77.7 Å². The molecule has 0 saturated heterocycles. The molecule has 0 bridgehead atoms. The van der Waals surface area contributed by atoms with Gasteiger partial charge in [0.25, 0.3) is 5.91 Å². The Hall–Kier alpha value is -3.13. The van der Waals surface area contributed by atoms with Gasteiger partial charge in [-0.3, -0.25) is 9.59 Å². The largest absolute Gasteiger partial charge is 0.322 e. The molecule has 0 aliphatic rings. The fraction of sp³-hybridized carbons (Fsp3) is 0.0435. The molecule has 0 radical (unpaired) electrons. The van der Waals surface area contributed by atoms with Crippen LogP contribution in [0.1, 0.15) is 15.9 Å². The van der Waals surface area contributed by atoms with E-state index >= 15 is 0 Å². The van der Waals surface area contributed by atoms with Crippen molar-refractivity contribution in [3.05, 3.63) is 94.0 Å². The molecule has 0 heterocycles. The summed E-state index contributed by atoms with van der Waals surface area (Å²) in [5, 5.41) is 6.04. The summed E-state index contributed by atoms with van der Waals surface area (Å²) in [5.41, 5.74) is 1.62. The lowest BCUT2D eigenvalue weighted by Gasteiger charge is -2.10. The van der Waals surface area contributed by atoms with E-state index < -0.39 is 15.7 Å². The number of hydrogen-bond acceptors (Lipinski definition) is 4. The quantitative estimate of drug-likeness (QED) is 0.460. The predicted molar refractivity (Wildman–Crippen MR) is 128 cm³/mol. The Bertz CT molecular complexity index is 1320. The van der Waals surface area contributed by atoms with Crippen molar-refractivity contribution in [1.82, 2.24) is 0 Å². The lowest BCUT2D eigenvalue weighted by Crippen LogP contribution is -2.13. The molecular formula is C23H18Cl2N2O4S. The van der Waals surface area contributed by atoms with Crippen molar-refractivity contribution in [3.8, 4) is 0 Å². The Morgan fingerprint density at radius 3 is 2.31 bits per heavy atom. The first-order valence-electron chi connectivity index (χ1n) is 9.28. The number of rotatable bonds is 6. The molecule has 0 spiro atoms. The average molecular weight is 489 g/mol. The van der Waals surface area contributed by atoms with E-state index in [1.54, 1.807) is 30.3 Å². The van der Waals surface area contributed by atoms with Gasteiger partial charge in [0.15, 0.2) is 9.84 Å². The summed E-state index contributed by atoms with van der Waals surface area (Å²) in [5.74, 6) is -0.896. The maximum absolute atomic E-state index is 12.5. The van der Waals surface area contributed by atoms with Crippen molar-refractivity contribution in [3.63, 3.8) is 0 Å². The molecule has 2 amide bonds. The van der Waals surface area contributed by atoms with Crippen molar-refractivity contribution < 1.29 is 18.0 Å². The molecule has 0 atom stereocenters. The molecule has 3 rings (SSSR count). The monoisotopic (exact) mass is 488 g/mol. The number of carbonyl (C=O) groups is 2. The molecule has 0 unspecified atom stereocenters. The van der Waals surface area contributed by atoms with Crippen molar-refractivity contribution in [2.45, 2.75) is 4.90 Å². The van der Waals surface area contributed by atoms with Gasteiger partial charge in [0.05, 0.1) is 15.6 Å². The average Bonchev–Trinajstić information content (AvgIpc) is 2.74. The summed E-state index contributed by atoms with van der Waals surface area (Å²) >= 11 is 12.3. The van der Waals surface area contributed by atoms with Crippen molar-refractivity contribution in [2.24, 2.45) is 0 Å². The van der Waals surface area contributed by atoms with E-state index in [4.69, 9.17) is 23.2 Å². The van der Waals surface area contributed by atoms with E-state index in [1.165, 1.54) is 42.5 Å². The molecule has 6 nitrogen and oxygen atoms in total. The second-order valence-corrected chi connectivity index (χ2v) is 9.62. The molecule has 2 N–H and O–H groups in total. The number of benzene rings is 3. The van der Waals surface area contributed by atoms with Crippen molar-refractivity contribution >= 4 is 62.3 Å². The van der Waals surface area contributed by atoms with Gasteiger partial charge in [-0.15, -0.1) is 0 Å². The Morgan fingerprint density at radius 1 is 0.875 bits per heavy atom. The molecule has 0 fully saturated rings. The predicted octanol–water partition coefficient (Wildman–Crippen LogP) is 5.30. The zero-order chi connectivity index (χ0) is 23.3. The van der Waals surface area contributed by atoms with Gasteiger partial charge in [-0.25, -0.2) is 8.42 Å². The molecule has 0 aliphatic carbocycles. The van der Waals surface area contributed by atoms with Crippen LogP contribution in [0.4, 0.5) is 11.4 Å². The third-order valence-electron chi connectivity index (χ3n) is 4.33. The number of sulfone groups is 1. The Morgan fingerprint density at radius 2 is 1.62 bits per heavy atom. The SMILES string of the molecule is CS(=O)(=O)c1cccc(C(=O)Nc2ccc(NC(=O)/C=C/c3ccccc3Cl)cc2Cl)c1. The molecule has 32 heavy (non-hydrogen) atoms. The highest BCUT2D eigenvalue weighted by Gasteiger charge is 2.13. The van der Waals surface area contributed by atoms with E-state index in [0.717, 1.165) is 6.26 Å². The van der Waals surface area contributed by atoms with Crippen molar-refractivity contribution in [1.29, 1.82) is 0 Å². The van der Waals surface area contributed by atoms with Gasteiger partial charge in [-0.1, -0.05) is 47.5 Å². The molecule has 0 aromatic heterocycles. The van der Waals surface area contributed by atoms with Crippen LogP contribution in [0.5, 0.6) is 0 Å². The molecule has 3 aromatic rings. The van der Waals surface area contributed by atoms with E-state index in [-0.39, 0.29) is 21.4 Å². The smallest absolute Gasteiger partial charge is 0.255 e. The van der Waals surface area contributed by atoms with Gasteiger partial charge in [0.2, 0.25) is 5.91 Å². The van der Waals surface area contributed by atoms with Crippen LogP contribution in [-0.4, -0.2) is 26.5 Å². The first-order chi connectivity index (χ1) is 15.1. The standard InChI is InChI=1S/C23H18Cl2N2O4S/c1-32(30,31)18-7-4-6-16(13-18)23(29)27-21-11-10-17(14-20(21)25)26-22(28)12-9-15-5-2-3-8-19(15)24/h2-14H,1H3,(H,26,28)(H,27,29)/b12-9+. The zero-order valence-electron chi connectivity index (χ0n) is 16.8. The minimum absolute atomic E-state index is 0.0409. The fourth-order valence-electron chi connectivity index (χ4n) is 2.72. The number of hydrogen-bond donors (Lipinski definition) is 2. The first kappa shape index (κ1) is 23.5. The first-order valence-corrected chi connectivity index (χ1v) is 11.9. The molecular weight excluding hydrogens is 471 g/mol. The number of nitrogens with one attached hydrogen (secondary N) is 2. The second-order valence-electron chi connectivity index (χ2n) is 6.79. The van der Waals surface area contributed by atoms with Gasteiger partial charge >= 0.3 is 0 Å². The van der Waals surface area contributed by atoms with E-state index in [1.807, 2.05) is 6.07 Å². The number of carbonyl (C=O) groups excluding carboxylic acids is 2. The molecule has 164 valence electrons. The van der Waals surface area contributed by atoms with Crippen LogP contribution in [0.3, 0.4) is 0 Å². The van der Waals surface area contributed by atoms with Gasteiger partial charge < -0.3 is 10.6 Å². The van der Waals surface area contributed by atoms with Crippen LogP contribution in [0, 0.1) is 0 Å². The lowest BCUT2D eigenvalue weighted by molar-refractivity contribution is -0.111. The van der Waals surface area contributed by atoms with E-state index in [0.29, 0.717) is 22.0 Å². The fourth-order valence-corrected chi connectivity index (χ4v) is 3.81. The summed E-state index contributed by atoms with van der Waals surface area (Å²) in [4.78, 5) is 24.7. The highest BCUT2D eigenvalue weighted by molar-refractivity contribution is 7.90. The number of anilines is 2. The highest BCUT2D eigenvalue weighted by atomic mass is 35.5. The minimum atomic E-state index is -3.44. The van der Waals surface area contributed by atoms with Crippen LogP contribution in [-0.2, 0) is 14.6 Å². The normalized spacial score (nSPS) is 11.3. The highest BCUT2D eigenvalue weighted by Crippen LogP contribution is 2.26. The summed E-state index contributed by atoms with van der Waals surface area (Å²) in [7, 11) is -3.44. The minimum Gasteiger partial charge on any atom is -0.322 e. The number of halogens is 2. The maximum Gasteiger partial charge on any atom is 0.255 e. The van der Waals surface area contributed by atoms with Gasteiger partial charge in [0, 0.05) is 28.6 Å². The molecule has 0 saturated carbocycles. The van der Waals surface area contributed by atoms with Crippen LogP contribution in [0.25, 0.3) is 6.08 Å². The number of amides is 2. The van der Waals surface area contributed by atoms with E-state index in [2.05, 4.69) is 10.6 Å². The lowest BCUT2D eigenvalue weighted by atomic mass is 10.2. The van der Waals surface area contributed by atoms with Gasteiger partial charge in [-0.05, 0) is 54.1 Å². The van der Waals surface area contributed by atoms with Crippen LogP contribution in [0.2, 0.25) is 10.0 Å². The van der Waals surface area contributed by atoms with Crippen LogP contribution >= 0.6 is 23.2 Å². The van der Waals surface area contributed by atoms with Crippen LogP contribution < -0.4 is 10.6 Å². The second kappa shape index (κ2) is 9.99. The maximum atomic E-state index is 12.5. The third kappa shape index (κ3) is 6.20. The van der Waals surface area contributed by atoms with E-state index in [9.17, 15) is 18.0 Å². The third-order valence-corrected chi connectivity index (χ3v) is 6.10. The van der Waals surface area contributed by atoms with Gasteiger partial charge in [-0.2, -0.15) is 0 Å². The molecule has 9 heteroatoms.